The molecule has 8 heteroatoms. The van der Waals surface area contributed by atoms with Crippen LogP contribution in [0.1, 0.15) is 10.4 Å². The van der Waals surface area contributed by atoms with Crippen molar-refractivity contribution in [3.8, 4) is 17.2 Å². The quantitative estimate of drug-likeness (QED) is 0.767. The van der Waals surface area contributed by atoms with E-state index in [1.165, 1.54) is 24.3 Å². The van der Waals surface area contributed by atoms with Crippen LogP contribution >= 0.6 is 0 Å². The van der Waals surface area contributed by atoms with Gasteiger partial charge in [-0.25, -0.2) is 4.39 Å². The summed E-state index contributed by atoms with van der Waals surface area (Å²) in [6, 6.07) is 10.7. The van der Waals surface area contributed by atoms with Gasteiger partial charge in [-0.2, -0.15) is 0 Å². The van der Waals surface area contributed by atoms with Crippen LogP contribution in [0.25, 0.3) is 0 Å². The van der Waals surface area contributed by atoms with Crippen LogP contribution in [-0.2, 0) is 4.79 Å². The lowest BCUT2D eigenvalue weighted by molar-refractivity contribution is -0.129. The molecule has 0 spiro atoms. The number of carbonyl (C=O) groups is 2. The van der Waals surface area contributed by atoms with Crippen molar-refractivity contribution < 1.29 is 28.2 Å². The normalized spacial score (nSPS) is 15.1. The largest absolute Gasteiger partial charge is 0.492 e. The maximum atomic E-state index is 12.8. The first-order valence-electron chi connectivity index (χ1n) is 8.95. The number of carbonyl (C=O) groups excluding carboxylic acids is 2. The van der Waals surface area contributed by atoms with E-state index in [-0.39, 0.29) is 36.9 Å². The van der Waals surface area contributed by atoms with Gasteiger partial charge in [-0.1, -0.05) is 0 Å². The summed E-state index contributed by atoms with van der Waals surface area (Å²) in [7, 11) is 0. The number of hydrogen-bond donors (Lipinski definition) is 1. The highest BCUT2D eigenvalue weighted by Crippen LogP contribution is 2.33. The standard InChI is InChI=1S/C20H19FN2O5/c21-15-2-4-16(5-3-15)26-8-7-22-19(24)14-10-23(11-14)20(25)13-1-6-17-18(9-13)28-12-27-17/h1-6,9,14H,7-8,10-12H2,(H,22,24). The minimum absolute atomic E-state index is 0.113. The first kappa shape index (κ1) is 18.1. The molecule has 0 aromatic heterocycles. The van der Waals surface area contributed by atoms with Crippen LogP contribution in [0.2, 0.25) is 0 Å². The number of nitrogens with one attached hydrogen (secondary N) is 1. The molecule has 0 saturated carbocycles. The Labute approximate surface area is 161 Å². The number of fused-ring (bicyclic) bond motifs is 1. The molecule has 0 radical (unpaired) electrons. The van der Waals surface area contributed by atoms with Crippen molar-refractivity contribution in [3.63, 3.8) is 0 Å². The van der Waals surface area contributed by atoms with E-state index in [4.69, 9.17) is 14.2 Å². The Morgan fingerprint density at radius 2 is 1.86 bits per heavy atom. The summed E-state index contributed by atoms with van der Waals surface area (Å²) in [6.45, 7) is 1.52. The van der Waals surface area contributed by atoms with Crippen molar-refractivity contribution in [2.75, 3.05) is 33.0 Å². The molecule has 1 fully saturated rings. The van der Waals surface area contributed by atoms with Crippen LogP contribution in [0.15, 0.2) is 42.5 Å². The lowest BCUT2D eigenvalue weighted by Gasteiger charge is -2.38. The Hall–Kier alpha value is -3.29. The Morgan fingerprint density at radius 3 is 2.64 bits per heavy atom. The zero-order valence-corrected chi connectivity index (χ0v) is 15.0. The molecule has 1 N–H and O–H groups in total. The van der Waals surface area contributed by atoms with Gasteiger partial charge >= 0.3 is 0 Å². The Kier molecular flexibility index (Phi) is 5.01. The van der Waals surface area contributed by atoms with E-state index < -0.39 is 0 Å². The van der Waals surface area contributed by atoms with Crippen molar-refractivity contribution in [3.05, 3.63) is 53.8 Å². The Morgan fingerprint density at radius 1 is 1.11 bits per heavy atom. The molecule has 2 aliphatic rings. The number of benzene rings is 2. The predicted molar refractivity (Wildman–Crippen MR) is 96.9 cm³/mol. The molecule has 7 nitrogen and oxygen atoms in total. The second-order valence-corrected chi connectivity index (χ2v) is 6.57. The summed E-state index contributed by atoms with van der Waals surface area (Å²) in [5.41, 5.74) is 0.510. The van der Waals surface area contributed by atoms with Gasteiger partial charge in [0.2, 0.25) is 12.7 Å². The van der Waals surface area contributed by atoms with Crippen molar-refractivity contribution in [1.29, 1.82) is 0 Å². The maximum absolute atomic E-state index is 12.8. The fraction of sp³-hybridized carbons (Fsp3) is 0.300. The number of ether oxygens (including phenoxy) is 3. The number of rotatable bonds is 6. The first-order chi connectivity index (χ1) is 13.6. The van der Waals surface area contributed by atoms with Crippen LogP contribution in [0.4, 0.5) is 4.39 Å². The van der Waals surface area contributed by atoms with Gasteiger partial charge in [0, 0.05) is 18.7 Å². The Balaban J connectivity index is 1.18. The van der Waals surface area contributed by atoms with Crippen LogP contribution in [0.5, 0.6) is 17.2 Å². The lowest BCUT2D eigenvalue weighted by atomic mass is 9.97. The molecule has 0 bridgehead atoms. The third kappa shape index (κ3) is 3.85. The monoisotopic (exact) mass is 386 g/mol. The van der Waals surface area contributed by atoms with Gasteiger partial charge < -0.3 is 24.4 Å². The topological polar surface area (TPSA) is 77.1 Å². The number of hydrogen-bond acceptors (Lipinski definition) is 5. The van der Waals surface area contributed by atoms with Gasteiger partial charge in [0.1, 0.15) is 18.2 Å². The molecule has 28 heavy (non-hydrogen) atoms. The summed E-state index contributed by atoms with van der Waals surface area (Å²) in [5, 5.41) is 2.79. The second kappa shape index (κ2) is 7.75. The highest BCUT2D eigenvalue weighted by molar-refractivity contribution is 5.96. The number of nitrogens with zero attached hydrogens (tertiary/aromatic N) is 1. The van der Waals surface area contributed by atoms with Crippen LogP contribution in [-0.4, -0.2) is 49.7 Å². The highest BCUT2D eigenvalue weighted by atomic mass is 19.1. The number of likely N-dealkylation sites (tertiary alicyclic amines) is 1. The summed E-state index contributed by atoms with van der Waals surface area (Å²) >= 11 is 0. The Bertz CT molecular complexity index is 881. The number of halogens is 1. The number of amides is 2. The van der Waals surface area contributed by atoms with Crippen LogP contribution in [0, 0.1) is 11.7 Å². The molecular weight excluding hydrogens is 367 g/mol. The van der Waals surface area contributed by atoms with Crippen LogP contribution in [0.3, 0.4) is 0 Å². The molecule has 2 amide bonds. The molecule has 2 heterocycles. The van der Waals surface area contributed by atoms with Gasteiger partial charge in [0.25, 0.3) is 5.91 Å². The molecule has 2 aromatic carbocycles. The van der Waals surface area contributed by atoms with Gasteiger partial charge in [0.15, 0.2) is 11.5 Å². The molecule has 0 unspecified atom stereocenters. The molecule has 2 aliphatic heterocycles. The summed E-state index contributed by atoms with van der Waals surface area (Å²) in [6.07, 6.45) is 0. The zero-order chi connectivity index (χ0) is 19.5. The van der Waals surface area contributed by atoms with Gasteiger partial charge in [-0.15, -0.1) is 0 Å². The van der Waals surface area contributed by atoms with Gasteiger partial charge in [-0.05, 0) is 42.5 Å². The maximum Gasteiger partial charge on any atom is 0.254 e. The highest BCUT2D eigenvalue weighted by Gasteiger charge is 2.36. The molecule has 0 aliphatic carbocycles. The third-order valence-corrected chi connectivity index (χ3v) is 4.64. The van der Waals surface area contributed by atoms with Crippen molar-refractivity contribution in [2.45, 2.75) is 0 Å². The average Bonchev–Trinajstić information content (AvgIpc) is 3.13. The molecule has 1 saturated heterocycles. The van der Waals surface area contributed by atoms with E-state index in [1.807, 2.05) is 0 Å². The second-order valence-electron chi connectivity index (χ2n) is 6.57. The van der Waals surface area contributed by atoms with Crippen molar-refractivity contribution >= 4 is 11.8 Å². The fourth-order valence-corrected chi connectivity index (χ4v) is 3.04. The summed E-state index contributed by atoms with van der Waals surface area (Å²) in [4.78, 5) is 26.3. The van der Waals surface area contributed by atoms with E-state index >= 15 is 0 Å². The summed E-state index contributed by atoms with van der Waals surface area (Å²) in [5.74, 6) is 0.913. The van der Waals surface area contributed by atoms with Crippen LogP contribution < -0.4 is 19.5 Å². The SMILES string of the molecule is O=C(NCCOc1ccc(F)cc1)C1CN(C(=O)c2ccc3c(c2)OCO3)C1. The molecule has 4 rings (SSSR count). The molecule has 146 valence electrons. The lowest BCUT2D eigenvalue weighted by Crippen LogP contribution is -2.56. The van der Waals surface area contributed by atoms with Crippen molar-refractivity contribution in [2.24, 2.45) is 5.92 Å². The zero-order valence-electron chi connectivity index (χ0n) is 15.0. The van der Waals surface area contributed by atoms with E-state index in [0.29, 0.717) is 42.4 Å². The minimum atomic E-state index is -0.328. The van der Waals surface area contributed by atoms with E-state index in [2.05, 4.69) is 5.32 Å². The fourth-order valence-electron chi connectivity index (χ4n) is 3.04. The van der Waals surface area contributed by atoms with Gasteiger partial charge in [0.05, 0.1) is 12.5 Å². The molecular formula is C20H19FN2O5. The van der Waals surface area contributed by atoms with Gasteiger partial charge in [-0.3, -0.25) is 9.59 Å². The summed E-state index contributed by atoms with van der Waals surface area (Å²) < 4.78 is 28.8. The minimum Gasteiger partial charge on any atom is -0.492 e. The van der Waals surface area contributed by atoms with Crippen molar-refractivity contribution in [1.82, 2.24) is 10.2 Å². The van der Waals surface area contributed by atoms with E-state index in [0.717, 1.165) is 0 Å². The predicted octanol–water partition coefficient (Wildman–Crippen LogP) is 1.82. The first-order valence-corrected chi connectivity index (χ1v) is 8.95. The smallest absolute Gasteiger partial charge is 0.254 e. The molecule has 0 atom stereocenters. The third-order valence-electron chi connectivity index (χ3n) is 4.64. The average molecular weight is 386 g/mol. The molecule has 2 aromatic rings. The van der Waals surface area contributed by atoms with E-state index in [9.17, 15) is 14.0 Å². The van der Waals surface area contributed by atoms with E-state index in [1.54, 1.807) is 23.1 Å².